The Morgan fingerprint density at radius 1 is 1.43 bits per heavy atom. The number of nitrogens with zero attached hydrogens (tertiary/aromatic N) is 3. The second kappa shape index (κ2) is 6.50. The Bertz CT molecular complexity index is 764. The summed E-state index contributed by atoms with van der Waals surface area (Å²) in [6.07, 6.45) is 0. The van der Waals surface area contributed by atoms with E-state index in [9.17, 15) is 4.79 Å². The zero-order valence-corrected chi connectivity index (χ0v) is 13.7. The Hall–Kier alpha value is -1.51. The number of benzene rings is 1. The highest BCUT2D eigenvalue weighted by Crippen LogP contribution is 2.23. The highest BCUT2D eigenvalue weighted by atomic mass is 35.5. The van der Waals surface area contributed by atoms with Crippen LogP contribution in [-0.2, 0) is 6.54 Å². The lowest BCUT2D eigenvalue weighted by molar-refractivity contribution is 0.475. The summed E-state index contributed by atoms with van der Waals surface area (Å²) < 4.78 is 1.64. The molecule has 0 spiro atoms. The van der Waals surface area contributed by atoms with E-state index in [1.165, 1.54) is 11.8 Å². The Labute approximate surface area is 132 Å². The standard InChI is InChI=1S/C15H16ClN3OS/c1-9(2)8-19-14(20)12-6-11(16)4-5-13(12)18-15(19)21-10(3)7-17/h4-6,9-10H,8H2,1-3H3/t10-/m0/s1. The molecule has 110 valence electrons. The maximum atomic E-state index is 12.7. The van der Waals surface area contributed by atoms with Gasteiger partial charge < -0.3 is 0 Å². The van der Waals surface area contributed by atoms with Gasteiger partial charge in [0, 0.05) is 11.6 Å². The summed E-state index contributed by atoms with van der Waals surface area (Å²) in [7, 11) is 0. The van der Waals surface area contributed by atoms with Crippen molar-refractivity contribution in [2.45, 2.75) is 37.7 Å². The summed E-state index contributed by atoms with van der Waals surface area (Å²) in [6.45, 7) is 6.44. The monoisotopic (exact) mass is 321 g/mol. The fourth-order valence-corrected chi connectivity index (χ4v) is 2.95. The molecular formula is C15H16ClN3OS. The minimum Gasteiger partial charge on any atom is -0.287 e. The molecule has 21 heavy (non-hydrogen) atoms. The van der Waals surface area contributed by atoms with Crippen LogP contribution < -0.4 is 5.56 Å². The van der Waals surface area contributed by atoms with Crippen molar-refractivity contribution in [3.05, 3.63) is 33.6 Å². The van der Waals surface area contributed by atoms with Gasteiger partial charge in [0.25, 0.3) is 5.56 Å². The number of hydrogen-bond donors (Lipinski definition) is 0. The van der Waals surface area contributed by atoms with Crippen molar-refractivity contribution in [3.8, 4) is 6.07 Å². The Balaban J connectivity index is 2.67. The lowest BCUT2D eigenvalue weighted by atomic mass is 10.2. The van der Waals surface area contributed by atoms with Crippen LogP contribution in [0, 0.1) is 17.2 Å². The summed E-state index contributed by atoms with van der Waals surface area (Å²) in [5, 5.41) is 10.3. The highest BCUT2D eigenvalue weighted by Gasteiger charge is 2.15. The van der Waals surface area contributed by atoms with Gasteiger partial charge in [0.1, 0.15) is 0 Å². The van der Waals surface area contributed by atoms with E-state index in [0.29, 0.717) is 33.5 Å². The fraction of sp³-hybridized carbons (Fsp3) is 0.400. The van der Waals surface area contributed by atoms with Crippen LogP contribution in [0.3, 0.4) is 0 Å². The van der Waals surface area contributed by atoms with Gasteiger partial charge in [-0.05, 0) is 31.0 Å². The summed E-state index contributed by atoms with van der Waals surface area (Å²) in [5.41, 5.74) is 0.501. The minimum atomic E-state index is -0.264. The van der Waals surface area contributed by atoms with Crippen molar-refractivity contribution in [3.63, 3.8) is 0 Å². The lowest BCUT2D eigenvalue weighted by Crippen LogP contribution is -2.26. The van der Waals surface area contributed by atoms with Gasteiger partial charge in [0.2, 0.25) is 0 Å². The van der Waals surface area contributed by atoms with Crippen molar-refractivity contribution in [2.75, 3.05) is 0 Å². The molecule has 0 saturated heterocycles. The van der Waals surface area contributed by atoms with Crippen molar-refractivity contribution >= 4 is 34.3 Å². The van der Waals surface area contributed by atoms with Gasteiger partial charge in [-0.2, -0.15) is 5.26 Å². The van der Waals surface area contributed by atoms with Gasteiger partial charge in [-0.3, -0.25) is 9.36 Å². The summed E-state index contributed by atoms with van der Waals surface area (Å²) in [5.74, 6) is 0.304. The van der Waals surface area contributed by atoms with Crippen LogP contribution >= 0.6 is 23.4 Å². The Morgan fingerprint density at radius 2 is 2.14 bits per heavy atom. The Kier molecular flexibility index (Phi) is 4.92. The number of rotatable bonds is 4. The van der Waals surface area contributed by atoms with E-state index in [-0.39, 0.29) is 10.8 Å². The summed E-state index contributed by atoms with van der Waals surface area (Å²) in [4.78, 5) is 17.2. The first-order valence-electron chi connectivity index (χ1n) is 6.68. The fourth-order valence-electron chi connectivity index (χ4n) is 1.97. The average molecular weight is 322 g/mol. The molecule has 1 aromatic heterocycles. The molecule has 0 N–H and O–H groups in total. The normalized spacial score (nSPS) is 12.6. The van der Waals surface area contributed by atoms with Crippen molar-refractivity contribution < 1.29 is 0 Å². The quantitative estimate of drug-likeness (QED) is 0.636. The van der Waals surface area contributed by atoms with Gasteiger partial charge in [-0.1, -0.05) is 37.2 Å². The maximum Gasteiger partial charge on any atom is 0.262 e. The van der Waals surface area contributed by atoms with Crippen LogP contribution in [0.1, 0.15) is 20.8 Å². The van der Waals surface area contributed by atoms with Crippen LogP contribution in [0.5, 0.6) is 0 Å². The summed E-state index contributed by atoms with van der Waals surface area (Å²) in [6, 6.07) is 7.25. The molecule has 4 nitrogen and oxygen atoms in total. The lowest BCUT2D eigenvalue weighted by Gasteiger charge is -2.15. The highest BCUT2D eigenvalue weighted by molar-refractivity contribution is 8.00. The molecule has 0 radical (unpaired) electrons. The molecule has 1 heterocycles. The van der Waals surface area contributed by atoms with Gasteiger partial charge in [0.15, 0.2) is 5.16 Å². The van der Waals surface area contributed by atoms with E-state index >= 15 is 0 Å². The van der Waals surface area contributed by atoms with Gasteiger partial charge in [-0.15, -0.1) is 0 Å². The third-order valence-corrected chi connectivity index (χ3v) is 4.11. The molecule has 1 aromatic carbocycles. The third kappa shape index (κ3) is 3.58. The molecule has 0 bridgehead atoms. The van der Waals surface area contributed by atoms with E-state index in [1.54, 1.807) is 29.7 Å². The molecule has 0 aliphatic rings. The predicted molar refractivity (Wildman–Crippen MR) is 86.8 cm³/mol. The molecular weight excluding hydrogens is 306 g/mol. The van der Waals surface area contributed by atoms with Gasteiger partial charge in [0.05, 0.1) is 22.2 Å². The van der Waals surface area contributed by atoms with Crippen molar-refractivity contribution in [1.82, 2.24) is 9.55 Å². The number of thioether (sulfide) groups is 1. The predicted octanol–water partition coefficient (Wildman–Crippen LogP) is 3.71. The number of halogens is 1. The van der Waals surface area contributed by atoms with Crippen LogP contribution in [-0.4, -0.2) is 14.8 Å². The number of hydrogen-bond acceptors (Lipinski definition) is 4. The number of fused-ring (bicyclic) bond motifs is 1. The van der Waals surface area contributed by atoms with E-state index < -0.39 is 0 Å². The smallest absolute Gasteiger partial charge is 0.262 e. The average Bonchev–Trinajstić information content (AvgIpc) is 2.43. The first-order valence-corrected chi connectivity index (χ1v) is 7.94. The first kappa shape index (κ1) is 15.9. The van der Waals surface area contributed by atoms with Gasteiger partial charge in [-0.25, -0.2) is 4.98 Å². The summed E-state index contributed by atoms with van der Waals surface area (Å²) >= 11 is 7.27. The number of nitriles is 1. The molecule has 0 aliphatic carbocycles. The van der Waals surface area contributed by atoms with Crippen molar-refractivity contribution in [1.29, 1.82) is 5.26 Å². The van der Waals surface area contributed by atoms with Crippen LogP contribution in [0.2, 0.25) is 5.02 Å². The van der Waals surface area contributed by atoms with Crippen LogP contribution in [0.4, 0.5) is 0 Å². The molecule has 0 saturated carbocycles. The molecule has 2 aromatic rings. The zero-order valence-electron chi connectivity index (χ0n) is 12.1. The topological polar surface area (TPSA) is 58.7 Å². The minimum absolute atomic E-state index is 0.108. The second-order valence-corrected chi connectivity index (χ2v) is 7.00. The Morgan fingerprint density at radius 3 is 2.76 bits per heavy atom. The van der Waals surface area contributed by atoms with Gasteiger partial charge >= 0.3 is 0 Å². The largest absolute Gasteiger partial charge is 0.287 e. The SMILES string of the molecule is CC(C)Cn1c(S[C@@H](C)C#N)nc2ccc(Cl)cc2c1=O. The second-order valence-electron chi connectivity index (χ2n) is 5.25. The first-order chi connectivity index (χ1) is 9.92. The van der Waals surface area contributed by atoms with Crippen LogP contribution in [0.15, 0.2) is 28.2 Å². The van der Waals surface area contributed by atoms with E-state index in [1.807, 2.05) is 13.8 Å². The molecule has 1 atom stereocenters. The van der Waals surface area contributed by atoms with E-state index in [4.69, 9.17) is 16.9 Å². The van der Waals surface area contributed by atoms with E-state index in [0.717, 1.165) is 0 Å². The molecule has 0 unspecified atom stereocenters. The van der Waals surface area contributed by atoms with Crippen LogP contribution in [0.25, 0.3) is 10.9 Å². The third-order valence-electron chi connectivity index (χ3n) is 2.89. The molecule has 2 rings (SSSR count). The van der Waals surface area contributed by atoms with E-state index in [2.05, 4.69) is 11.1 Å². The molecule has 0 amide bonds. The number of aromatic nitrogens is 2. The maximum absolute atomic E-state index is 12.7. The molecule has 6 heteroatoms. The van der Waals surface area contributed by atoms with Crippen molar-refractivity contribution in [2.24, 2.45) is 5.92 Å². The zero-order chi connectivity index (χ0) is 15.6. The molecule has 0 fully saturated rings. The molecule has 0 aliphatic heterocycles.